The number of carbonyl (C=O) groups excluding carboxylic acids is 2. The molecule has 0 bridgehead atoms. The minimum atomic E-state index is -1.08. The minimum absolute atomic E-state index is 0.000909. The Hall–Kier alpha value is -2.04. The van der Waals surface area contributed by atoms with Gasteiger partial charge in [-0.05, 0) is 50.0 Å². The maximum atomic E-state index is 11.9. The van der Waals surface area contributed by atoms with E-state index in [9.17, 15) is 9.59 Å². The van der Waals surface area contributed by atoms with Gasteiger partial charge in [-0.2, -0.15) is 0 Å². The molecule has 1 fully saturated rings. The standard InChI is InChI=1S/C20H27NO4/c1-11(2)14-10-15-13(6-9-20(25-15)7-5-8-20)16(12(3)4)17(14)24-19(23)18(21)22/h10-12H,5-9H2,1-4H3,(H2,21,22). The summed E-state index contributed by atoms with van der Waals surface area (Å²) in [5.74, 6) is -0.427. The van der Waals surface area contributed by atoms with Crippen molar-refractivity contribution in [2.24, 2.45) is 5.73 Å². The number of primary amides is 1. The molecular weight excluding hydrogens is 318 g/mol. The van der Waals surface area contributed by atoms with Crippen molar-refractivity contribution >= 4 is 11.9 Å². The highest BCUT2D eigenvalue weighted by Crippen LogP contribution is 2.50. The lowest BCUT2D eigenvalue weighted by atomic mass is 9.73. The Kier molecular flexibility index (Phi) is 4.52. The quantitative estimate of drug-likeness (QED) is 0.516. The molecule has 5 heteroatoms. The van der Waals surface area contributed by atoms with Crippen LogP contribution in [0.1, 0.15) is 81.9 Å². The molecule has 0 aromatic heterocycles. The zero-order valence-electron chi connectivity index (χ0n) is 15.5. The summed E-state index contributed by atoms with van der Waals surface area (Å²) in [4.78, 5) is 23.1. The molecule has 1 aromatic rings. The minimum Gasteiger partial charge on any atom is -0.487 e. The largest absolute Gasteiger partial charge is 0.487 e. The van der Waals surface area contributed by atoms with Gasteiger partial charge in [-0.25, -0.2) is 4.79 Å². The highest BCUT2D eigenvalue weighted by atomic mass is 16.5. The van der Waals surface area contributed by atoms with Crippen molar-refractivity contribution in [3.05, 3.63) is 22.8 Å². The summed E-state index contributed by atoms with van der Waals surface area (Å²) in [6.07, 6.45) is 5.34. The molecule has 1 spiro atoms. The lowest BCUT2D eigenvalue weighted by Crippen LogP contribution is -2.46. The molecule has 0 unspecified atom stereocenters. The van der Waals surface area contributed by atoms with Crippen LogP contribution in [0.15, 0.2) is 6.07 Å². The molecule has 3 rings (SSSR count). The molecular formula is C20H27NO4. The van der Waals surface area contributed by atoms with Crippen molar-refractivity contribution in [1.82, 2.24) is 0 Å². The molecule has 1 aliphatic carbocycles. The van der Waals surface area contributed by atoms with Gasteiger partial charge >= 0.3 is 11.9 Å². The summed E-state index contributed by atoms with van der Waals surface area (Å²) in [6.45, 7) is 8.20. The van der Waals surface area contributed by atoms with Gasteiger partial charge in [-0.15, -0.1) is 0 Å². The molecule has 2 aliphatic rings. The van der Waals surface area contributed by atoms with E-state index in [-0.39, 0.29) is 17.4 Å². The summed E-state index contributed by atoms with van der Waals surface area (Å²) in [6, 6.07) is 1.99. The molecule has 2 N–H and O–H groups in total. The van der Waals surface area contributed by atoms with Crippen LogP contribution in [0.3, 0.4) is 0 Å². The summed E-state index contributed by atoms with van der Waals surface area (Å²) in [5.41, 5.74) is 8.04. The predicted molar refractivity (Wildman–Crippen MR) is 95.0 cm³/mol. The van der Waals surface area contributed by atoms with E-state index in [0.29, 0.717) is 5.75 Å². The first-order valence-electron chi connectivity index (χ1n) is 9.14. The van der Waals surface area contributed by atoms with Crippen LogP contribution < -0.4 is 15.2 Å². The van der Waals surface area contributed by atoms with Crippen LogP contribution in [-0.2, 0) is 16.0 Å². The van der Waals surface area contributed by atoms with E-state index in [2.05, 4.69) is 13.8 Å². The molecule has 5 nitrogen and oxygen atoms in total. The Labute approximate surface area is 148 Å². The van der Waals surface area contributed by atoms with Crippen LogP contribution in [0.5, 0.6) is 11.5 Å². The number of fused-ring (bicyclic) bond motifs is 1. The third-order valence-electron chi connectivity index (χ3n) is 5.43. The lowest BCUT2D eigenvalue weighted by Gasteiger charge is -2.46. The van der Waals surface area contributed by atoms with Crippen molar-refractivity contribution < 1.29 is 19.1 Å². The van der Waals surface area contributed by atoms with Gasteiger partial charge in [0.1, 0.15) is 17.1 Å². The van der Waals surface area contributed by atoms with E-state index >= 15 is 0 Å². The van der Waals surface area contributed by atoms with Gasteiger partial charge in [0.2, 0.25) is 0 Å². The molecule has 0 saturated heterocycles. The van der Waals surface area contributed by atoms with Crippen LogP contribution in [0, 0.1) is 0 Å². The monoisotopic (exact) mass is 345 g/mol. The van der Waals surface area contributed by atoms with Crippen molar-refractivity contribution in [1.29, 1.82) is 0 Å². The van der Waals surface area contributed by atoms with Gasteiger partial charge < -0.3 is 15.2 Å². The first-order valence-corrected chi connectivity index (χ1v) is 9.14. The van der Waals surface area contributed by atoms with Gasteiger partial charge in [0.05, 0.1) is 0 Å². The number of esters is 1. The number of nitrogens with two attached hydrogens (primary N) is 1. The molecule has 0 atom stereocenters. The van der Waals surface area contributed by atoms with Crippen molar-refractivity contribution in [3.8, 4) is 11.5 Å². The van der Waals surface area contributed by atoms with Gasteiger partial charge in [0, 0.05) is 16.7 Å². The van der Waals surface area contributed by atoms with Crippen LogP contribution in [0.4, 0.5) is 0 Å². The molecule has 1 aliphatic heterocycles. The second kappa shape index (κ2) is 6.36. The molecule has 1 heterocycles. The zero-order valence-corrected chi connectivity index (χ0v) is 15.5. The SMILES string of the molecule is CC(C)c1cc2c(c(C(C)C)c1OC(=O)C(N)=O)CCC1(CCC1)O2. The average Bonchev–Trinajstić information content (AvgIpc) is 2.51. The first kappa shape index (κ1) is 17.8. The molecule has 1 aromatic carbocycles. The average molecular weight is 345 g/mol. The molecule has 136 valence electrons. The van der Waals surface area contributed by atoms with Crippen LogP contribution in [0.2, 0.25) is 0 Å². The molecule has 1 saturated carbocycles. The predicted octanol–water partition coefficient (Wildman–Crippen LogP) is 3.57. The Morgan fingerprint density at radius 3 is 2.32 bits per heavy atom. The number of hydrogen-bond donors (Lipinski definition) is 1. The number of rotatable bonds is 3. The third-order valence-corrected chi connectivity index (χ3v) is 5.43. The van der Waals surface area contributed by atoms with Gasteiger partial charge in [-0.1, -0.05) is 27.7 Å². The van der Waals surface area contributed by atoms with Crippen LogP contribution >= 0.6 is 0 Å². The fourth-order valence-corrected chi connectivity index (χ4v) is 3.92. The highest BCUT2D eigenvalue weighted by molar-refractivity contribution is 6.32. The molecule has 0 radical (unpaired) electrons. The normalized spacial score (nSPS) is 17.8. The third kappa shape index (κ3) is 3.12. The van der Waals surface area contributed by atoms with Crippen molar-refractivity contribution in [2.75, 3.05) is 0 Å². The number of benzene rings is 1. The highest BCUT2D eigenvalue weighted by Gasteiger charge is 2.43. The summed E-state index contributed by atoms with van der Waals surface area (Å²) >= 11 is 0. The maximum Gasteiger partial charge on any atom is 0.401 e. The number of amides is 1. The fraction of sp³-hybridized carbons (Fsp3) is 0.600. The Balaban J connectivity index is 2.13. The Bertz CT molecular complexity index is 717. The number of carbonyl (C=O) groups is 2. The number of ether oxygens (including phenoxy) is 2. The fourth-order valence-electron chi connectivity index (χ4n) is 3.92. The lowest BCUT2D eigenvalue weighted by molar-refractivity contribution is -0.146. The van der Waals surface area contributed by atoms with Crippen LogP contribution in [-0.4, -0.2) is 17.5 Å². The van der Waals surface area contributed by atoms with Gasteiger partial charge in [0.15, 0.2) is 0 Å². The van der Waals surface area contributed by atoms with E-state index < -0.39 is 11.9 Å². The summed E-state index contributed by atoms with van der Waals surface area (Å²) < 4.78 is 11.9. The maximum absolute atomic E-state index is 11.9. The van der Waals surface area contributed by atoms with E-state index in [4.69, 9.17) is 15.2 Å². The second-order valence-corrected chi connectivity index (χ2v) is 7.89. The summed E-state index contributed by atoms with van der Waals surface area (Å²) in [7, 11) is 0. The van der Waals surface area contributed by atoms with Crippen molar-refractivity contribution in [3.63, 3.8) is 0 Å². The zero-order chi connectivity index (χ0) is 18.4. The number of hydrogen-bond acceptors (Lipinski definition) is 4. The topological polar surface area (TPSA) is 78.6 Å². The Morgan fingerprint density at radius 2 is 1.84 bits per heavy atom. The van der Waals surface area contributed by atoms with Gasteiger partial charge in [0.25, 0.3) is 0 Å². The smallest absolute Gasteiger partial charge is 0.401 e. The first-order chi connectivity index (χ1) is 11.7. The van der Waals surface area contributed by atoms with Crippen molar-refractivity contribution in [2.45, 2.75) is 77.2 Å². The van der Waals surface area contributed by atoms with Crippen LogP contribution in [0.25, 0.3) is 0 Å². The van der Waals surface area contributed by atoms with E-state index in [0.717, 1.165) is 48.1 Å². The van der Waals surface area contributed by atoms with E-state index in [1.807, 2.05) is 19.9 Å². The second-order valence-electron chi connectivity index (χ2n) is 7.89. The molecule has 25 heavy (non-hydrogen) atoms. The van der Waals surface area contributed by atoms with E-state index in [1.165, 1.54) is 6.42 Å². The molecule has 1 amide bonds. The summed E-state index contributed by atoms with van der Waals surface area (Å²) in [5, 5.41) is 0. The van der Waals surface area contributed by atoms with Gasteiger partial charge in [-0.3, -0.25) is 4.79 Å². The Morgan fingerprint density at radius 1 is 1.16 bits per heavy atom. The van der Waals surface area contributed by atoms with E-state index in [1.54, 1.807) is 0 Å².